The average molecular weight is 420 g/mol. The largest absolute Gasteiger partial charge is 0.492 e. The molecule has 0 aliphatic rings. The Morgan fingerprint density at radius 1 is 1.17 bits per heavy atom. The number of hydrogen-bond donors (Lipinski definition) is 3. The number of nitrogens with zero attached hydrogens (tertiary/aromatic N) is 2. The predicted octanol–water partition coefficient (Wildman–Crippen LogP) is 4.52. The minimum absolute atomic E-state index is 0.502. The second kappa shape index (κ2) is 9.90. The minimum Gasteiger partial charge on any atom is -0.492 e. The Labute approximate surface area is 182 Å². The molecule has 7 heteroatoms. The van der Waals surface area contributed by atoms with Crippen molar-refractivity contribution in [3.63, 3.8) is 0 Å². The molecule has 0 unspecified atom stereocenters. The molecule has 154 valence electrons. The number of ether oxygens (including phenoxy) is 1. The maximum atomic E-state index is 9.51. The molecule has 1 aromatic heterocycles. The van der Waals surface area contributed by atoms with Crippen LogP contribution in [-0.4, -0.2) is 29.8 Å². The fraction of sp³-hybridized carbons (Fsp3) is 0.261. The van der Waals surface area contributed by atoms with E-state index >= 15 is 0 Å². The van der Waals surface area contributed by atoms with Crippen LogP contribution in [0.2, 0.25) is 0 Å². The highest BCUT2D eigenvalue weighted by molar-refractivity contribution is 7.80. The number of pyridine rings is 1. The van der Waals surface area contributed by atoms with Crippen LogP contribution in [0, 0.1) is 25.2 Å². The molecule has 0 saturated heterocycles. The summed E-state index contributed by atoms with van der Waals surface area (Å²) < 4.78 is 5.60. The molecule has 0 atom stereocenters. The van der Waals surface area contributed by atoms with E-state index in [2.05, 4.69) is 33.1 Å². The number of fused-ring (bicyclic) bond motifs is 1. The van der Waals surface area contributed by atoms with Crippen molar-refractivity contribution in [1.29, 1.82) is 5.26 Å². The van der Waals surface area contributed by atoms with E-state index in [-0.39, 0.29) is 0 Å². The maximum absolute atomic E-state index is 9.51. The molecule has 6 nitrogen and oxygen atoms in total. The van der Waals surface area contributed by atoms with Gasteiger partial charge in [0.15, 0.2) is 5.11 Å². The number of anilines is 2. The summed E-state index contributed by atoms with van der Waals surface area (Å²) >= 11 is 5.38. The zero-order valence-corrected chi connectivity index (χ0v) is 18.2. The number of nitrogens with one attached hydrogen (secondary N) is 3. The van der Waals surface area contributed by atoms with Crippen molar-refractivity contribution >= 4 is 39.7 Å². The van der Waals surface area contributed by atoms with Crippen LogP contribution in [0.15, 0.2) is 42.5 Å². The summed E-state index contributed by atoms with van der Waals surface area (Å²) in [5.41, 5.74) is 4.49. The van der Waals surface area contributed by atoms with Gasteiger partial charge in [-0.1, -0.05) is 23.8 Å². The van der Waals surface area contributed by atoms with E-state index in [4.69, 9.17) is 17.0 Å². The molecule has 3 N–H and O–H groups in total. The number of thiocarbonyl (C=S) groups is 1. The lowest BCUT2D eigenvalue weighted by molar-refractivity contribution is 0.342. The molecule has 2 aromatic carbocycles. The Bertz CT molecular complexity index is 1110. The molecule has 3 rings (SSSR count). The van der Waals surface area contributed by atoms with Crippen LogP contribution in [0.25, 0.3) is 10.9 Å². The number of para-hydroxylation sites is 2. The fourth-order valence-corrected chi connectivity index (χ4v) is 3.46. The first-order chi connectivity index (χ1) is 14.5. The predicted molar refractivity (Wildman–Crippen MR) is 126 cm³/mol. The molecule has 3 aromatic rings. The number of rotatable bonds is 7. The summed E-state index contributed by atoms with van der Waals surface area (Å²) in [6.07, 6.45) is 0. The van der Waals surface area contributed by atoms with Gasteiger partial charge in [-0.25, -0.2) is 4.98 Å². The number of hydrogen-bond acceptors (Lipinski definition) is 5. The van der Waals surface area contributed by atoms with E-state index in [0.717, 1.165) is 33.5 Å². The third kappa shape index (κ3) is 5.16. The van der Waals surface area contributed by atoms with Gasteiger partial charge in [-0.15, -0.1) is 0 Å². The molecular formula is C23H25N5OS. The van der Waals surface area contributed by atoms with Gasteiger partial charge in [-0.3, -0.25) is 0 Å². The molecular weight excluding hydrogens is 394 g/mol. The lowest BCUT2D eigenvalue weighted by Crippen LogP contribution is -2.32. The van der Waals surface area contributed by atoms with Crippen LogP contribution in [-0.2, 0) is 0 Å². The molecule has 0 aliphatic heterocycles. The molecule has 1 heterocycles. The van der Waals surface area contributed by atoms with Crippen LogP contribution in [0.3, 0.4) is 0 Å². The first-order valence-electron chi connectivity index (χ1n) is 9.84. The maximum Gasteiger partial charge on any atom is 0.170 e. The molecule has 30 heavy (non-hydrogen) atoms. The van der Waals surface area contributed by atoms with E-state index in [1.54, 1.807) is 0 Å². The third-order valence-electron chi connectivity index (χ3n) is 4.51. The van der Waals surface area contributed by atoms with Crippen molar-refractivity contribution in [1.82, 2.24) is 10.3 Å². The van der Waals surface area contributed by atoms with Crippen LogP contribution >= 0.6 is 12.2 Å². The fourth-order valence-electron chi connectivity index (χ4n) is 3.25. The van der Waals surface area contributed by atoms with Crippen molar-refractivity contribution in [3.05, 3.63) is 59.2 Å². The molecule has 0 radical (unpaired) electrons. The third-order valence-corrected chi connectivity index (χ3v) is 4.76. The van der Waals surface area contributed by atoms with E-state index < -0.39 is 0 Å². The lowest BCUT2D eigenvalue weighted by atomic mass is 10.1. The molecule has 0 amide bonds. The topological polar surface area (TPSA) is 82.0 Å². The Morgan fingerprint density at radius 3 is 2.73 bits per heavy atom. The summed E-state index contributed by atoms with van der Waals surface area (Å²) in [5, 5.41) is 20.5. The van der Waals surface area contributed by atoms with Crippen molar-refractivity contribution in [2.24, 2.45) is 0 Å². The Balaban J connectivity index is 1.60. The van der Waals surface area contributed by atoms with Crippen molar-refractivity contribution in [2.75, 3.05) is 30.3 Å². The number of aryl methyl sites for hydroxylation is 2. The smallest absolute Gasteiger partial charge is 0.170 e. The quantitative estimate of drug-likeness (QED) is 0.384. The van der Waals surface area contributed by atoms with Gasteiger partial charge in [-0.2, -0.15) is 5.26 Å². The Kier molecular flexibility index (Phi) is 7.04. The SMILES string of the molecule is CCOc1ccccc1NC(=S)NCCNc1nc2c(C)cc(C)cc2cc1C#N. The van der Waals surface area contributed by atoms with Crippen LogP contribution in [0.1, 0.15) is 23.6 Å². The van der Waals surface area contributed by atoms with Crippen molar-refractivity contribution in [2.45, 2.75) is 20.8 Å². The summed E-state index contributed by atoms with van der Waals surface area (Å²) in [6.45, 7) is 7.73. The van der Waals surface area contributed by atoms with E-state index in [9.17, 15) is 5.26 Å². The summed E-state index contributed by atoms with van der Waals surface area (Å²) in [6, 6.07) is 15.9. The second-order valence-corrected chi connectivity index (χ2v) is 7.29. The van der Waals surface area contributed by atoms with Gasteiger partial charge >= 0.3 is 0 Å². The zero-order chi connectivity index (χ0) is 21.5. The van der Waals surface area contributed by atoms with Crippen molar-refractivity contribution < 1.29 is 4.74 Å². The molecule has 0 saturated carbocycles. The first-order valence-corrected chi connectivity index (χ1v) is 10.2. The lowest BCUT2D eigenvalue weighted by Gasteiger charge is -2.15. The van der Waals surface area contributed by atoms with Crippen LogP contribution < -0.4 is 20.7 Å². The van der Waals surface area contributed by atoms with E-state index in [1.165, 1.54) is 0 Å². The Hall–Kier alpha value is -3.37. The normalized spacial score (nSPS) is 10.3. The monoisotopic (exact) mass is 419 g/mol. The van der Waals surface area contributed by atoms with Gasteiger partial charge in [0.25, 0.3) is 0 Å². The summed E-state index contributed by atoms with van der Waals surface area (Å²) in [7, 11) is 0. The van der Waals surface area contributed by atoms with E-state index in [0.29, 0.717) is 36.2 Å². The zero-order valence-electron chi connectivity index (χ0n) is 17.4. The van der Waals surface area contributed by atoms with Gasteiger partial charge < -0.3 is 20.7 Å². The number of aromatic nitrogens is 1. The first kappa shape index (κ1) is 21.3. The molecule has 0 bridgehead atoms. The number of nitriles is 1. The molecule has 0 fully saturated rings. The number of benzene rings is 2. The van der Waals surface area contributed by atoms with Gasteiger partial charge in [0, 0.05) is 18.5 Å². The highest BCUT2D eigenvalue weighted by atomic mass is 32.1. The van der Waals surface area contributed by atoms with Crippen molar-refractivity contribution in [3.8, 4) is 11.8 Å². The summed E-state index contributed by atoms with van der Waals surface area (Å²) in [5.74, 6) is 1.34. The highest BCUT2D eigenvalue weighted by Gasteiger charge is 2.09. The molecule has 0 spiro atoms. The standard InChI is InChI=1S/C23H25N5OS/c1-4-29-20-8-6-5-7-19(20)27-23(30)26-10-9-25-22-18(14-24)13-17-12-15(2)11-16(3)21(17)28-22/h5-8,11-13H,4,9-10H2,1-3H3,(H,25,28)(H2,26,27,30). The van der Waals surface area contributed by atoms with Gasteiger partial charge in [-0.05, 0) is 62.8 Å². The Morgan fingerprint density at radius 2 is 1.97 bits per heavy atom. The van der Waals surface area contributed by atoms with Gasteiger partial charge in [0.2, 0.25) is 0 Å². The van der Waals surface area contributed by atoms with E-state index in [1.807, 2.05) is 57.2 Å². The highest BCUT2D eigenvalue weighted by Crippen LogP contribution is 2.24. The van der Waals surface area contributed by atoms with Crippen LogP contribution in [0.5, 0.6) is 5.75 Å². The van der Waals surface area contributed by atoms with Gasteiger partial charge in [0.1, 0.15) is 17.6 Å². The minimum atomic E-state index is 0.502. The average Bonchev–Trinajstić information content (AvgIpc) is 2.72. The summed E-state index contributed by atoms with van der Waals surface area (Å²) in [4.78, 5) is 4.68. The molecule has 0 aliphatic carbocycles. The van der Waals surface area contributed by atoms with Crippen LogP contribution in [0.4, 0.5) is 11.5 Å². The second-order valence-electron chi connectivity index (χ2n) is 6.89. The van der Waals surface area contributed by atoms with Gasteiger partial charge in [0.05, 0.1) is 23.4 Å².